The van der Waals surface area contributed by atoms with E-state index in [0.717, 1.165) is 77.4 Å². The fourth-order valence-corrected chi connectivity index (χ4v) is 7.50. The predicted octanol–water partition coefficient (Wildman–Crippen LogP) is 6.07. The Hall–Kier alpha value is -5.13. The lowest BCUT2D eigenvalue weighted by molar-refractivity contribution is 0.0904. The minimum absolute atomic E-state index is 0.251. The van der Waals surface area contributed by atoms with E-state index in [-0.39, 0.29) is 24.4 Å². The molecular formula is C42H50N8O3. The first-order chi connectivity index (χ1) is 26.0. The van der Waals surface area contributed by atoms with Gasteiger partial charge in [0.15, 0.2) is 5.65 Å². The number of pyridine rings is 2. The fraction of sp³-hybridized carbons (Fsp3) is 0.405. The third kappa shape index (κ3) is 8.75. The summed E-state index contributed by atoms with van der Waals surface area (Å²) in [7, 11) is 0. The maximum Gasteiger partial charge on any atom is 0.253 e. The number of nitrogens with one attached hydrogen (secondary N) is 4. The number of hydrogen-bond donors (Lipinski definition) is 4. The Kier molecular flexibility index (Phi) is 11.7. The Labute approximate surface area is 311 Å². The number of amides is 2. The van der Waals surface area contributed by atoms with Crippen molar-refractivity contribution >= 4 is 28.5 Å². The van der Waals surface area contributed by atoms with Gasteiger partial charge in [-0.3, -0.25) is 14.6 Å². The SMILES string of the molecule is CCc1nc2c(cnn2CC)c(NC2CCOCC2)c1CNC(=O)c1cncc(C(=O)NCc2cccc(-c3cccc(CC4CCNCC4)c3)c2)c1. The number of aromatic nitrogens is 4. The van der Waals surface area contributed by atoms with Gasteiger partial charge in [0.1, 0.15) is 0 Å². The molecule has 7 rings (SSSR count). The van der Waals surface area contributed by atoms with Crippen molar-refractivity contribution in [1.82, 2.24) is 35.7 Å². The molecule has 276 valence electrons. The number of nitrogens with zero attached hydrogens (tertiary/aromatic N) is 4. The number of anilines is 1. The maximum atomic E-state index is 13.5. The maximum absolute atomic E-state index is 13.5. The van der Waals surface area contributed by atoms with Crippen LogP contribution in [0.25, 0.3) is 22.2 Å². The number of benzene rings is 2. The molecule has 0 bridgehead atoms. The zero-order valence-corrected chi connectivity index (χ0v) is 30.8. The highest BCUT2D eigenvalue weighted by molar-refractivity contribution is 5.99. The van der Waals surface area contributed by atoms with Crippen molar-refractivity contribution in [3.8, 4) is 11.1 Å². The zero-order valence-electron chi connectivity index (χ0n) is 30.8. The number of ether oxygens (including phenoxy) is 1. The molecule has 4 N–H and O–H groups in total. The van der Waals surface area contributed by atoms with Crippen LogP contribution in [0, 0.1) is 5.92 Å². The third-order valence-corrected chi connectivity index (χ3v) is 10.5. The quantitative estimate of drug-likeness (QED) is 0.116. The van der Waals surface area contributed by atoms with E-state index in [2.05, 4.69) is 81.6 Å². The summed E-state index contributed by atoms with van der Waals surface area (Å²) >= 11 is 0. The summed E-state index contributed by atoms with van der Waals surface area (Å²) in [6, 6.07) is 18.9. The first-order valence-corrected chi connectivity index (χ1v) is 19.1. The second-order valence-electron chi connectivity index (χ2n) is 14.1. The van der Waals surface area contributed by atoms with Gasteiger partial charge in [0.25, 0.3) is 11.8 Å². The van der Waals surface area contributed by atoms with E-state index in [9.17, 15) is 9.59 Å². The van der Waals surface area contributed by atoms with Crippen LogP contribution >= 0.6 is 0 Å². The first-order valence-electron chi connectivity index (χ1n) is 19.1. The van der Waals surface area contributed by atoms with Crippen molar-refractivity contribution in [3.63, 3.8) is 0 Å². The van der Waals surface area contributed by atoms with Crippen molar-refractivity contribution in [2.24, 2.45) is 5.92 Å². The Morgan fingerprint density at radius 2 is 1.53 bits per heavy atom. The van der Waals surface area contributed by atoms with Gasteiger partial charge in [-0.15, -0.1) is 0 Å². The smallest absolute Gasteiger partial charge is 0.253 e. The third-order valence-electron chi connectivity index (χ3n) is 10.5. The molecule has 0 radical (unpaired) electrons. The highest BCUT2D eigenvalue weighted by Crippen LogP contribution is 2.31. The largest absolute Gasteiger partial charge is 0.381 e. The highest BCUT2D eigenvalue weighted by Gasteiger charge is 2.23. The van der Waals surface area contributed by atoms with Crippen LogP contribution in [0.3, 0.4) is 0 Å². The Morgan fingerprint density at radius 3 is 2.23 bits per heavy atom. The first kappa shape index (κ1) is 36.2. The molecule has 0 spiro atoms. The van der Waals surface area contributed by atoms with Gasteiger partial charge in [0.05, 0.1) is 28.4 Å². The molecular weight excluding hydrogens is 665 g/mol. The van der Waals surface area contributed by atoms with Crippen LogP contribution in [0.4, 0.5) is 5.69 Å². The van der Waals surface area contributed by atoms with Crippen LogP contribution < -0.4 is 21.3 Å². The molecule has 0 aliphatic carbocycles. The lowest BCUT2D eigenvalue weighted by atomic mass is 9.90. The van der Waals surface area contributed by atoms with Crippen molar-refractivity contribution in [2.45, 2.75) is 78.0 Å². The number of rotatable bonds is 13. The van der Waals surface area contributed by atoms with Crippen LogP contribution in [-0.4, -0.2) is 63.9 Å². The number of carbonyl (C=O) groups is 2. The summed E-state index contributed by atoms with van der Waals surface area (Å²) in [5, 5.41) is 18.8. The van der Waals surface area contributed by atoms with Crippen LogP contribution in [-0.2, 0) is 37.2 Å². The molecule has 2 aliphatic rings. The monoisotopic (exact) mass is 714 g/mol. The Balaban J connectivity index is 1.01. The number of hydrogen-bond acceptors (Lipinski definition) is 8. The van der Waals surface area contributed by atoms with E-state index in [1.54, 1.807) is 6.07 Å². The second-order valence-corrected chi connectivity index (χ2v) is 14.1. The van der Waals surface area contributed by atoms with Gasteiger partial charge >= 0.3 is 0 Å². The summed E-state index contributed by atoms with van der Waals surface area (Å²) in [6.45, 7) is 9.08. The molecule has 2 fully saturated rings. The van der Waals surface area contributed by atoms with E-state index >= 15 is 0 Å². The summed E-state index contributed by atoms with van der Waals surface area (Å²) in [5.41, 5.74) is 8.93. The van der Waals surface area contributed by atoms with E-state index in [0.29, 0.717) is 43.9 Å². The van der Waals surface area contributed by atoms with Crippen LogP contribution in [0.1, 0.15) is 82.6 Å². The number of aryl methyl sites for hydroxylation is 2. The molecule has 11 nitrogen and oxygen atoms in total. The average Bonchev–Trinajstić information content (AvgIpc) is 3.63. The fourth-order valence-electron chi connectivity index (χ4n) is 7.50. The van der Waals surface area contributed by atoms with E-state index < -0.39 is 0 Å². The highest BCUT2D eigenvalue weighted by atomic mass is 16.5. The summed E-state index contributed by atoms with van der Waals surface area (Å²) in [4.78, 5) is 36.1. The van der Waals surface area contributed by atoms with Gasteiger partial charge in [0, 0.05) is 62.5 Å². The second kappa shape index (κ2) is 17.1. The van der Waals surface area contributed by atoms with E-state index in [4.69, 9.17) is 9.72 Å². The summed E-state index contributed by atoms with van der Waals surface area (Å²) < 4.78 is 7.50. The zero-order chi connectivity index (χ0) is 36.6. The molecule has 0 unspecified atom stereocenters. The van der Waals surface area contributed by atoms with Gasteiger partial charge < -0.3 is 26.0 Å². The topological polar surface area (TPSA) is 135 Å². The molecule has 5 aromatic rings. The normalized spacial score (nSPS) is 15.4. The van der Waals surface area contributed by atoms with Crippen molar-refractivity contribution < 1.29 is 14.3 Å². The number of fused-ring (bicyclic) bond motifs is 1. The number of carbonyl (C=O) groups excluding carboxylic acids is 2. The van der Waals surface area contributed by atoms with Gasteiger partial charge in [-0.05, 0) is 98.8 Å². The van der Waals surface area contributed by atoms with Crippen molar-refractivity contribution in [2.75, 3.05) is 31.6 Å². The van der Waals surface area contributed by atoms with E-state index in [1.807, 2.05) is 23.0 Å². The van der Waals surface area contributed by atoms with Crippen molar-refractivity contribution in [1.29, 1.82) is 0 Å². The summed E-state index contributed by atoms with van der Waals surface area (Å²) in [6.07, 6.45) is 10.9. The standard InChI is InChI=1S/C42H50N8O3/c1-3-38-36(39(48-35-13-17-53-18-14-35)37-27-47-50(4-2)40(37)49-38)26-46-42(52)34-22-33(24-44-25-34)41(51)45-23-30-8-6-10-32(21-30)31-9-5-7-29(20-31)19-28-11-15-43-16-12-28/h5-10,20-22,24-25,27-28,35,43H,3-4,11-19,23,26H2,1-2H3,(H,45,51)(H,46,52)(H,48,49). The molecule has 0 saturated carbocycles. The van der Waals surface area contributed by atoms with Crippen molar-refractivity contribution in [3.05, 3.63) is 107 Å². The minimum Gasteiger partial charge on any atom is -0.381 e. The minimum atomic E-state index is -0.314. The van der Waals surface area contributed by atoms with Gasteiger partial charge in [0.2, 0.25) is 0 Å². The van der Waals surface area contributed by atoms with E-state index in [1.165, 1.54) is 36.4 Å². The van der Waals surface area contributed by atoms with Gasteiger partial charge in [-0.25, -0.2) is 9.67 Å². The molecule has 3 aromatic heterocycles. The van der Waals surface area contributed by atoms with Gasteiger partial charge in [-0.2, -0.15) is 5.10 Å². The van der Waals surface area contributed by atoms with Crippen LogP contribution in [0.15, 0.2) is 73.2 Å². The van der Waals surface area contributed by atoms with Crippen LogP contribution in [0.2, 0.25) is 0 Å². The Bertz CT molecular complexity index is 2050. The molecule has 2 aliphatic heterocycles. The molecule has 5 heterocycles. The molecule has 2 aromatic carbocycles. The molecule has 53 heavy (non-hydrogen) atoms. The molecule has 2 saturated heterocycles. The number of piperidine rings is 1. The lowest BCUT2D eigenvalue weighted by Crippen LogP contribution is -2.30. The van der Waals surface area contributed by atoms with Crippen LogP contribution in [0.5, 0.6) is 0 Å². The summed E-state index contributed by atoms with van der Waals surface area (Å²) in [5.74, 6) is 0.119. The lowest BCUT2D eigenvalue weighted by Gasteiger charge is -2.26. The average molecular weight is 715 g/mol. The molecule has 0 atom stereocenters. The Morgan fingerprint density at radius 1 is 0.849 bits per heavy atom. The predicted molar refractivity (Wildman–Crippen MR) is 208 cm³/mol. The molecule has 11 heteroatoms. The molecule has 2 amide bonds. The van der Waals surface area contributed by atoms with Gasteiger partial charge in [-0.1, -0.05) is 49.4 Å².